The van der Waals surface area contributed by atoms with E-state index in [0.717, 1.165) is 37.3 Å². The summed E-state index contributed by atoms with van der Waals surface area (Å²) in [7, 11) is -3.42. The number of hydrogen-bond donors (Lipinski definition) is 2. The first-order valence-corrected chi connectivity index (χ1v) is 23.2. The number of carbonyl (C=O) groups excluding carboxylic acids is 2. The normalized spacial score (nSPS) is 24.9. The monoisotopic (exact) mass is 783 g/mol. The minimum Gasteiger partial charge on any atom is -0.396 e. The van der Waals surface area contributed by atoms with Crippen LogP contribution >= 0.6 is 0 Å². The molecular weight excluding hydrogens is 726 g/mol. The van der Waals surface area contributed by atoms with Gasteiger partial charge in [0.1, 0.15) is 5.54 Å². The van der Waals surface area contributed by atoms with Crippen LogP contribution in [0.5, 0.6) is 0 Å². The smallest absolute Gasteiger partial charge is 0.264 e. The molecule has 2 N–H and O–H groups in total. The molecule has 3 fully saturated rings. The van der Waals surface area contributed by atoms with E-state index in [4.69, 9.17) is 4.74 Å². The maximum Gasteiger partial charge on any atom is 0.264 e. The van der Waals surface area contributed by atoms with E-state index >= 15 is 8.90 Å². The van der Waals surface area contributed by atoms with Crippen molar-refractivity contribution in [3.63, 3.8) is 0 Å². The Kier molecular flexibility index (Phi) is 11.4. The molecule has 3 aromatic rings. The molecule has 7 rings (SSSR count). The van der Waals surface area contributed by atoms with Crippen molar-refractivity contribution in [2.24, 2.45) is 5.92 Å². The van der Waals surface area contributed by atoms with Crippen LogP contribution in [0.4, 0.5) is 21.2 Å². The third-order valence-corrected chi connectivity index (χ3v) is 15.0. The standard InChI is InChI=1S/C43H58FN7O4Si/c1-30(2)11-10-12-31(3)17-25-49-37-16-15-35(50-29-51(34-13-8-7-9-14-34)42(40(50)53)20-22-45-23-21-42)27-36(37)43(41(49)54)32(4)39(56(5,6)44)38(55-43)18-24-48-28-33(19-26-52)46-47-48/h7-9,11,13-17,27-28,32,38-39,45,52H,10,12,18-26,29H2,1-6H3/b31-17+/t32-,38+,39-,43+/m1/s1. The highest BCUT2D eigenvalue weighted by atomic mass is 28.4. The van der Waals surface area contributed by atoms with Crippen molar-refractivity contribution in [3.05, 3.63) is 89.3 Å². The van der Waals surface area contributed by atoms with Crippen LogP contribution in [-0.4, -0.2) is 84.9 Å². The third-order valence-electron chi connectivity index (χ3n) is 12.5. The number of anilines is 3. The number of nitrogens with one attached hydrogen (secondary N) is 1. The van der Waals surface area contributed by atoms with Crippen molar-refractivity contribution in [3.8, 4) is 0 Å². The number of hydrogen-bond acceptors (Lipinski definition) is 8. The number of allylic oxidation sites excluding steroid dienone is 3. The van der Waals surface area contributed by atoms with E-state index in [1.807, 2.05) is 48.2 Å². The highest BCUT2D eigenvalue weighted by molar-refractivity contribution is 6.72. The summed E-state index contributed by atoms with van der Waals surface area (Å²) in [6, 6.07) is 16.0. The molecule has 4 aliphatic heterocycles. The zero-order valence-electron chi connectivity index (χ0n) is 33.8. The van der Waals surface area contributed by atoms with Crippen molar-refractivity contribution in [2.75, 3.05) is 47.6 Å². The Labute approximate surface area is 331 Å². The van der Waals surface area contributed by atoms with Crippen LogP contribution in [0.1, 0.15) is 71.1 Å². The van der Waals surface area contributed by atoms with Gasteiger partial charge in [-0.1, -0.05) is 53.6 Å². The molecule has 0 aliphatic carbocycles. The number of aliphatic hydroxyl groups is 1. The van der Waals surface area contributed by atoms with Crippen molar-refractivity contribution >= 4 is 37.3 Å². The lowest BCUT2D eigenvalue weighted by atomic mass is 9.82. The van der Waals surface area contributed by atoms with Gasteiger partial charge >= 0.3 is 0 Å². The summed E-state index contributed by atoms with van der Waals surface area (Å²) in [6.07, 6.45) is 9.62. The average molecular weight is 784 g/mol. The second-order valence-electron chi connectivity index (χ2n) is 16.9. The number of aliphatic hydroxyl groups excluding tert-OH is 1. The average Bonchev–Trinajstić information content (AvgIpc) is 3.89. The van der Waals surface area contributed by atoms with E-state index in [9.17, 15) is 9.90 Å². The number of halogens is 1. The number of nitrogens with zero attached hydrogens (tertiary/aromatic N) is 6. The molecular formula is C43H58FN7O4Si. The molecule has 3 saturated heterocycles. The molecule has 4 aliphatic rings. The largest absolute Gasteiger partial charge is 0.396 e. The lowest BCUT2D eigenvalue weighted by molar-refractivity contribution is -0.145. The number of fused-ring (bicyclic) bond motifs is 2. The number of rotatable bonds is 13. The van der Waals surface area contributed by atoms with Crippen LogP contribution in [0.2, 0.25) is 18.6 Å². The topological polar surface area (TPSA) is 116 Å². The Hall–Kier alpha value is -4.17. The Morgan fingerprint density at radius 2 is 1.80 bits per heavy atom. The number of aromatic nitrogens is 3. The van der Waals surface area contributed by atoms with Crippen LogP contribution in [0, 0.1) is 5.92 Å². The summed E-state index contributed by atoms with van der Waals surface area (Å²) < 4.78 is 25.5. The fourth-order valence-electron chi connectivity index (χ4n) is 9.70. The number of aryl methyl sites for hydroxylation is 1. The summed E-state index contributed by atoms with van der Waals surface area (Å²) in [5, 5.41) is 21.2. The van der Waals surface area contributed by atoms with Gasteiger partial charge in [0.15, 0.2) is 5.60 Å². The predicted octanol–water partition coefficient (Wildman–Crippen LogP) is 6.65. The van der Waals surface area contributed by atoms with E-state index in [1.165, 1.54) is 11.1 Å². The maximum atomic E-state index is 16.7. The van der Waals surface area contributed by atoms with Crippen molar-refractivity contribution in [1.29, 1.82) is 0 Å². The van der Waals surface area contributed by atoms with Crippen LogP contribution in [-0.2, 0) is 32.9 Å². The molecule has 1 aromatic heterocycles. The second kappa shape index (κ2) is 16.0. The quantitative estimate of drug-likeness (QED) is 0.113. The van der Waals surface area contributed by atoms with Gasteiger partial charge in [0.2, 0.25) is 8.41 Å². The Morgan fingerprint density at radius 1 is 1.05 bits per heavy atom. The molecule has 300 valence electrons. The second-order valence-corrected chi connectivity index (χ2v) is 20.7. The van der Waals surface area contributed by atoms with E-state index in [-0.39, 0.29) is 18.4 Å². The molecule has 0 bridgehead atoms. The zero-order valence-corrected chi connectivity index (χ0v) is 34.8. The van der Waals surface area contributed by atoms with Gasteiger partial charge in [-0.3, -0.25) is 19.2 Å². The first-order valence-electron chi connectivity index (χ1n) is 20.3. The van der Waals surface area contributed by atoms with Gasteiger partial charge in [-0.15, -0.1) is 5.10 Å². The molecule has 56 heavy (non-hydrogen) atoms. The van der Waals surface area contributed by atoms with Crippen LogP contribution in [0.3, 0.4) is 0 Å². The molecule has 0 unspecified atom stereocenters. The van der Waals surface area contributed by atoms with E-state index in [2.05, 4.69) is 65.6 Å². The van der Waals surface area contributed by atoms with Gasteiger partial charge in [-0.05, 0) is 109 Å². The molecule has 2 aromatic carbocycles. The number of benzene rings is 2. The molecule has 0 saturated carbocycles. The fourth-order valence-corrected chi connectivity index (χ4v) is 12.2. The van der Waals surface area contributed by atoms with E-state index < -0.39 is 37.1 Å². The summed E-state index contributed by atoms with van der Waals surface area (Å²) in [4.78, 5) is 35.8. The molecule has 2 amide bonds. The van der Waals surface area contributed by atoms with Gasteiger partial charge < -0.3 is 29.1 Å². The van der Waals surface area contributed by atoms with Crippen molar-refractivity contribution in [2.45, 2.75) is 109 Å². The van der Waals surface area contributed by atoms with Crippen molar-refractivity contribution < 1.29 is 23.5 Å². The molecule has 4 atom stereocenters. The SMILES string of the molecule is CC(C)=CCC/C(C)=C/CN1C(=O)[C@@]2(O[C@@H](CCn3cc(CCO)nn3)[C@H]([Si](C)(C)F)[C@H]2C)c2cc(N3CN(c4ccccc4)C4(CCNCC4)C3=O)ccc21. The molecule has 2 spiro atoms. The van der Waals surface area contributed by atoms with Crippen LogP contribution in [0.15, 0.2) is 78.0 Å². The Bertz CT molecular complexity index is 1970. The van der Waals surface area contributed by atoms with Gasteiger partial charge in [-0.2, -0.15) is 0 Å². The highest BCUT2D eigenvalue weighted by Gasteiger charge is 2.67. The molecule has 0 radical (unpaired) electrons. The van der Waals surface area contributed by atoms with Gasteiger partial charge in [0.05, 0.1) is 24.2 Å². The lowest BCUT2D eigenvalue weighted by Gasteiger charge is -2.39. The molecule has 13 heteroatoms. The number of amides is 2. The maximum absolute atomic E-state index is 16.7. The lowest BCUT2D eigenvalue weighted by Crippen LogP contribution is -2.55. The van der Waals surface area contributed by atoms with Gasteiger partial charge in [0.25, 0.3) is 11.8 Å². The van der Waals surface area contributed by atoms with E-state index in [0.29, 0.717) is 62.4 Å². The number of carbonyl (C=O) groups is 2. The summed E-state index contributed by atoms with van der Waals surface area (Å²) in [5.74, 6) is -0.606. The Morgan fingerprint density at radius 3 is 2.50 bits per heavy atom. The first-order chi connectivity index (χ1) is 26.8. The highest BCUT2D eigenvalue weighted by Crippen LogP contribution is 2.61. The number of para-hydroxylation sites is 1. The minimum atomic E-state index is -3.42. The number of ether oxygens (including phenoxy) is 1. The van der Waals surface area contributed by atoms with Crippen LogP contribution < -0.4 is 20.0 Å². The van der Waals surface area contributed by atoms with Gasteiger partial charge in [0, 0.05) is 60.7 Å². The first kappa shape index (κ1) is 40.0. The fraction of sp³-hybridized carbons (Fsp3) is 0.535. The molecule has 5 heterocycles. The molecule has 11 nitrogen and oxygen atoms in total. The predicted molar refractivity (Wildman–Crippen MR) is 221 cm³/mol. The van der Waals surface area contributed by atoms with Gasteiger partial charge in [-0.25, -0.2) is 0 Å². The zero-order chi connectivity index (χ0) is 39.8. The third kappa shape index (κ3) is 7.27. The summed E-state index contributed by atoms with van der Waals surface area (Å²) in [5.41, 5.74) is 3.70. The summed E-state index contributed by atoms with van der Waals surface area (Å²) in [6.45, 7) is 14.3. The van der Waals surface area contributed by atoms with Crippen molar-refractivity contribution in [1.82, 2.24) is 20.3 Å². The van der Waals surface area contributed by atoms with Crippen LogP contribution in [0.25, 0.3) is 0 Å². The number of piperidine rings is 1. The minimum absolute atomic E-state index is 0.0239. The Balaban J connectivity index is 1.28. The van der Waals surface area contributed by atoms with E-state index in [1.54, 1.807) is 28.9 Å². The summed E-state index contributed by atoms with van der Waals surface area (Å²) >= 11 is 0.